The van der Waals surface area contributed by atoms with E-state index in [0.717, 1.165) is 24.9 Å². The third-order valence-corrected chi connectivity index (χ3v) is 4.23. The Balaban J connectivity index is 2.17. The summed E-state index contributed by atoms with van der Waals surface area (Å²) in [5, 5.41) is 15.7. The zero-order valence-corrected chi connectivity index (χ0v) is 13.3. The number of hydrogen-bond acceptors (Lipinski definition) is 4. The molecule has 1 aliphatic heterocycles. The van der Waals surface area contributed by atoms with Gasteiger partial charge < -0.3 is 5.32 Å². The van der Waals surface area contributed by atoms with Gasteiger partial charge in [0.1, 0.15) is 6.04 Å². The van der Waals surface area contributed by atoms with E-state index in [9.17, 15) is 10.1 Å². The second kappa shape index (κ2) is 7.69. The minimum atomic E-state index is -0.318. The Labute approximate surface area is 132 Å². The van der Waals surface area contributed by atoms with Gasteiger partial charge in [-0.2, -0.15) is 5.26 Å². The van der Waals surface area contributed by atoms with Crippen LogP contribution >= 0.6 is 0 Å². The van der Waals surface area contributed by atoms with Crippen molar-refractivity contribution in [3.8, 4) is 6.19 Å². The number of nitrogens with zero attached hydrogens (tertiary/aromatic N) is 3. The third kappa shape index (κ3) is 3.70. The molecule has 1 aromatic carbocycles. The fraction of sp³-hybridized carbons (Fsp3) is 0.529. The fourth-order valence-corrected chi connectivity index (χ4v) is 2.66. The first-order valence-corrected chi connectivity index (χ1v) is 7.97. The predicted molar refractivity (Wildman–Crippen MR) is 86.6 cm³/mol. The second-order valence-electron chi connectivity index (χ2n) is 5.77. The van der Waals surface area contributed by atoms with Crippen LogP contribution in [0.1, 0.15) is 33.1 Å². The van der Waals surface area contributed by atoms with Crippen molar-refractivity contribution in [2.45, 2.75) is 39.2 Å². The average Bonchev–Trinajstić information content (AvgIpc) is 2.59. The number of nitriles is 1. The molecule has 2 unspecified atom stereocenters. The molecule has 1 amide bonds. The Kier molecular flexibility index (Phi) is 5.65. The van der Waals surface area contributed by atoms with Gasteiger partial charge in [0, 0.05) is 12.2 Å². The molecule has 1 aromatic rings. The number of rotatable bonds is 5. The number of nitrogens with one attached hydrogen (secondary N) is 1. The molecule has 2 rings (SSSR count). The van der Waals surface area contributed by atoms with Gasteiger partial charge in [-0.3, -0.25) is 4.79 Å². The Morgan fingerprint density at radius 2 is 2.00 bits per heavy atom. The van der Waals surface area contributed by atoms with Crippen LogP contribution in [0.25, 0.3) is 0 Å². The van der Waals surface area contributed by atoms with E-state index in [1.165, 1.54) is 5.01 Å². The summed E-state index contributed by atoms with van der Waals surface area (Å²) in [6.07, 6.45) is 4.92. The van der Waals surface area contributed by atoms with Crippen molar-refractivity contribution < 1.29 is 4.79 Å². The van der Waals surface area contributed by atoms with Gasteiger partial charge in [0.15, 0.2) is 6.19 Å². The summed E-state index contributed by atoms with van der Waals surface area (Å²) >= 11 is 0. The van der Waals surface area contributed by atoms with Crippen molar-refractivity contribution >= 4 is 11.6 Å². The zero-order chi connectivity index (χ0) is 15.9. The van der Waals surface area contributed by atoms with Crippen LogP contribution in [-0.2, 0) is 4.79 Å². The van der Waals surface area contributed by atoms with Gasteiger partial charge >= 0.3 is 0 Å². The molecule has 1 fully saturated rings. The van der Waals surface area contributed by atoms with Gasteiger partial charge in [-0.25, -0.2) is 10.0 Å². The van der Waals surface area contributed by atoms with Gasteiger partial charge in [0.25, 0.3) is 5.91 Å². The van der Waals surface area contributed by atoms with E-state index in [-0.39, 0.29) is 17.9 Å². The highest BCUT2D eigenvalue weighted by Gasteiger charge is 2.32. The highest BCUT2D eigenvalue weighted by atomic mass is 16.2. The molecule has 0 radical (unpaired) electrons. The maximum Gasteiger partial charge on any atom is 0.264 e. The van der Waals surface area contributed by atoms with E-state index in [0.29, 0.717) is 13.1 Å². The fourth-order valence-electron chi connectivity index (χ4n) is 2.66. The Hall–Kier alpha value is -2.22. The van der Waals surface area contributed by atoms with Crippen molar-refractivity contribution in [3.05, 3.63) is 30.3 Å². The maximum absolute atomic E-state index is 12.9. The lowest BCUT2D eigenvalue weighted by Crippen LogP contribution is -2.54. The van der Waals surface area contributed by atoms with Gasteiger partial charge in [-0.15, -0.1) is 0 Å². The van der Waals surface area contributed by atoms with Gasteiger partial charge in [0.2, 0.25) is 0 Å². The first kappa shape index (κ1) is 16.2. The largest absolute Gasteiger partial charge is 0.373 e. The number of para-hydroxylation sites is 1. The molecule has 0 aromatic heterocycles. The molecular formula is C17H24N4O. The summed E-state index contributed by atoms with van der Waals surface area (Å²) in [5.74, 6) is 0.176. The Morgan fingerprint density at radius 1 is 1.32 bits per heavy atom. The summed E-state index contributed by atoms with van der Waals surface area (Å²) in [7, 11) is 0. The van der Waals surface area contributed by atoms with Crippen molar-refractivity contribution in [2.24, 2.45) is 5.92 Å². The molecule has 1 saturated heterocycles. The molecule has 2 atom stereocenters. The molecule has 1 heterocycles. The van der Waals surface area contributed by atoms with Crippen molar-refractivity contribution in [1.29, 1.82) is 5.26 Å². The summed E-state index contributed by atoms with van der Waals surface area (Å²) in [6, 6.07) is 9.45. The monoisotopic (exact) mass is 300 g/mol. The first-order chi connectivity index (χ1) is 10.7. The Bertz CT molecular complexity index is 525. The van der Waals surface area contributed by atoms with Crippen LogP contribution in [0.4, 0.5) is 5.69 Å². The summed E-state index contributed by atoms with van der Waals surface area (Å²) in [5.41, 5.74) is 0.932. The Morgan fingerprint density at radius 3 is 2.64 bits per heavy atom. The van der Waals surface area contributed by atoms with Crippen molar-refractivity contribution in [2.75, 3.05) is 18.4 Å². The highest BCUT2D eigenvalue weighted by Crippen LogP contribution is 2.20. The van der Waals surface area contributed by atoms with E-state index in [2.05, 4.69) is 25.4 Å². The second-order valence-corrected chi connectivity index (χ2v) is 5.77. The number of hydrogen-bond donors (Lipinski definition) is 1. The van der Waals surface area contributed by atoms with Crippen LogP contribution in [0.5, 0.6) is 0 Å². The van der Waals surface area contributed by atoms with E-state index in [1.807, 2.05) is 30.3 Å². The molecule has 1 aliphatic rings. The van der Waals surface area contributed by atoms with Crippen LogP contribution in [0.2, 0.25) is 0 Å². The number of benzene rings is 1. The zero-order valence-electron chi connectivity index (χ0n) is 13.3. The normalized spacial score (nSPS) is 17.5. The van der Waals surface area contributed by atoms with Crippen LogP contribution in [0, 0.1) is 17.4 Å². The quantitative estimate of drug-likeness (QED) is 0.850. The summed E-state index contributed by atoms with van der Waals surface area (Å²) < 4.78 is 0. The molecule has 22 heavy (non-hydrogen) atoms. The van der Waals surface area contributed by atoms with Crippen LogP contribution in [0.3, 0.4) is 0 Å². The van der Waals surface area contributed by atoms with Crippen LogP contribution < -0.4 is 5.32 Å². The topological polar surface area (TPSA) is 59.4 Å². The molecule has 0 spiro atoms. The molecule has 0 saturated carbocycles. The van der Waals surface area contributed by atoms with Gasteiger partial charge in [0.05, 0.1) is 6.54 Å². The molecule has 118 valence electrons. The van der Waals surface area contributed by atoms with E-state index >= 15 is 0 Å². The molecule has 0 bridgehead atoms. The molecule has 5 heteroatoms. The van der Waals surface area contributed by atoms with Crippen molar-refractivity contribution in [3.63, 3.8) is 0 Å². The third-order valence-electron chi connectivity index (χ3n) is 4.23. The van der Waals surface area contributed by atoms with E-state index in [1.54, 1.807) is 5.01 Å². The summed E-state index contributed by atoms with van der Waals surface area (Å²) in [4.78, 5) is 12.9. The number of carbonyl (C=O) groups excluding carboxylic acids is 1. The lowest BCUT2D eigenvalue weighted by molar-refractivity contribution is -0.148. The number of anilines is 1. The predicted octanol–water partition coefficient (Wildman–Crippen LogP) is 2.83. The van der Waals surface area contributed by atoms with Crippen LogP contribution in [-0.4, -0.2) is 35.1 Å². The molecule has 1 N–H and O–H groups in total. The maximum atomic E-state index is 12.9. The van der Waals surface area contributed by atoms with Crippen LogP contribution in [0.15, 0.2) is 30.3 Å². The minimum Gasteiger partial charge on any atom is -0.373 e. The minimum absolute atomic E-state index is 0.0144. The first-order valence-electron chi connectivity index (χ1n) is 7.97. The lowest BCUT2D eigenvalue weighted by atomic mass is 9.97. The molecule has 5 nitrogen and oxygen atoms in total. The van der Waals surface area contributed by atoms with Gasteiger partial charge in [-0.1, -0.05) is 38.5 Å². The SMILES string of the molecule is CCC(C)C(Nc1ccccc1)C(=O)N1CCCCN1C#N. The van der Waals surface area contributed by atoms with E-state index in [4.69, 9.17) is 0 Å². The summed E-state index contributed by atoms with van der Waals surface area (Å²) in [6.45, 7) is 5.39. The van der Waals surface area contributed by atoms with Crippen molar-refractivity contribution in [1.82, 2.24) is 10.0 Å². The smallest absolute Gasteiger partial charge is 0.264 e. The van der Waals surface area contributed by atoms with Gasteiger partial charge in [-0.05, 0) is 30.9 Å². The average molecular weight is 300 g/mol. The molecule has 0 aliphatic carbocycles. The number of hydrazine groups is 1. The number of amides is 1. The highest BCUT2D eigenvalue weighted by molar-refractivity contribution is 5.84. The standard InChI is InChI=1S/C17H24N4O/c1-3-14(2)16(19-15-9-5-4-6-10-15)17(22)21-12-8-7-11-20(21)13-18/h4-6,9-10,14,16,19H,3,7-8,11-12H2,1-2H3. The number of carbonyl (C=O) groups is 1. The lowest BCUT2D eigenvalue weighted by Gasteiger charge is -2.38. The van der Waals surface area contributed by atoms with E-state index < -0.39 is 0 Å². The molecular weight excluding hydrogens is 276 g/mol.